The normalized spacial score (nSPS) is 10.7. The minimum atomic E-state index is -0.224. The van der Waals surface area contributed by atoms with Gasteiger partial charge in [0, 0.05) is 19.6 Å². The van der Waals surface area contributed by atoms with Crippen LogP contribution in [0.15, 0.2) is 61.2 Å². The highest BCUT2D eigenvalue weighted by Crippen LogP contribution is 2.16. The monoisotopic (exact) mass is 315 g/mol. The van der Waals surface area contributed by atoms with E-state index in [1.165, 1.54) is 12.1 Å². The first-order chi connectivity index (χ1) is 11.2. The van der Waals surface area contributed by atoms with Crippen molar-refractivity contribution in [2.24, 2.45) is 0 Å². The summed E-state index contributed by atoms with van der Waals surface area (Å²) in [4.78, 5) is 2.21. The molecule has 0 unspecified atom stereocenters. The number of benzene rings is 2. The summed E-state index contributed by atoms with van der Waals surface area (Å²) < 4.78 is 18.4. The van der Waals surface area contributed by atoms with Crippen LogP contribution in [-0.2, 0) is 13.1 Å². The van der Waals surface area contributed by atoms with Crippen LogP contribution in [-0.4, -0.2) is 29.8 Å². The molecule has 0 atom stereocenters. The van der Waals surface area contributed by atoms with E-state index in [9.17, 15) is 4.39 Å². The number of hydrogen-bond donors (Lipinski definition) is 1. The maximum Gasteiger partial charge on any atom is 0.123 e. The number of ether oxygens (including phenoxy) is 1. The van der Waals surface area contributed by atoms with Crippen LogP contribution in [0.2, 0.25) is 0 Å². The van der Waals surface area contributed by atoms with Crippen molar-refractivity contribution in [3.8, 4) is 5.75 Å². The maximum atomic E-state index is 13.0. The summed E-state index contributed by atoms with van der Waals surface area (Å²) in [5.74, 6) is 0.523. The Morgan fingerprint density at radius 2 is 1.83 bits per heavy atom. The van der Waals surface area contributed by atoms with E-state index in [-0.39, 0.29) is 19.0 Å². The molecule has 4 heteroatoms. The Kier molecular flexibility index (Phi) is 6.78. The fourth-order valence-electron chi connectivity index (χ4n) is 2.37. The Morgan fingerprint density at radius 3 is 2.52 bits per heavy atom. The van der Waals surface area contributed by atoms with E-state index < -0.39 is 0 Å². The van der Waals surface area contributed by atoms with Crippen LogP contribution in [0, 0.1) is 5.82 Å². The van der Waals surface area contributed by atoms with Crippen molar-refractivity contribution in [3.63, 3.8) is 0 Å². The molecule has 23 heavy (non-hydrogen) atoms. The number of aliphatic hydroxyl groups excluding tert-OH is 1. The minimum Gasteiger partial charge on any atom is -0.491 e. The van der Waals surface area contributed by atoms with E-state index in [0.29, 0.717) is 6.54 Å². The molecular formula is C19H22FNO2. The number of aliphatic hydroxyl groups is 1. The van der Waals surface area contributed by atoms with Gasteiger partial charge in [0.1, 0.15) is 18.2 Å². The highest BCUT2D eigenvalue weighted by molar-refractivity contribution is 5.28. The van der Waals surface area contributed by atoms with Crippen molar-refractivity contribution in [2.75, 3.05) is 19.8 Å². The van der Waals surface area contributed by atoms with Crippen LogP contribution >= 0.6 is 0 Å². The molecule has 0 heterocycles. The number of rotatable bonds is 9. The van der Waals surface area contributed by atoms with Gasteiger partial charge in [-0.05, 0) is 35.4 Å². The van der Waals surface area contributed by atoms with Crippen molar-refractivity contribution in [3.05, 3.63) is 78.1 Å². The summed E-state index contributed by atoms with van der Waals surface area (Å²) >= 11 is 0. The van der Waals surface area contributed by atoms with Crippen LogP contribution in [0.5, 0.6) is 5.75 Å². The Labute approximate surface area is 136 Å². The predicted molar refractivity (Wildman–Crippen MR) is 89.7 cm³/mol. The number of halogens is 1. The maximum absolute atomic E-state index is 13.0. The van der Waals surface area contributed by atoms with E-state index in [0.717, 1.165) is 30.0 Å². The first-order valence-electron chi connectivity index (χ1n) is 7.61. The first-order valence-corrected chi connectivity index (χ1v) is 7.61. The lowest BCUT2D eigenvalue weighted by Gasteiger charge is -2.21. The fraction of sp³-hybridized carbons (Fsp3) is 0.263. The van der Waals surface area contributed by atoms with Crippen LogP contribution in [0.4, 0.5) is 4.39 Å². The van der Waals surface area contributed by atoms with Gasteiger partial charge in [-0.3, -0.25) is 4.90 Å². The topological polar surface area (TPSA) is 32.7 Å². The van der Waals surface area contributed by atoms with Gasteiger partial charge in [0.25, 0.3) is 0 Å². The lowest BCUT2D eigenvalue weighted by atomic mass is 10.1. The molecule has 3 nitrogen and oxygen atoms in total. The van der Waals surface area contributed by atoms with Crippen LogP contribution < -0.4 is 4.74 Å². The van der Waals surface area contributed by atoms with Gasteiger partial charge in [-0.25, -0.2) is 4.39 Å². The molecule has 0 fully saturated rings. The van der Waals surface area contributed by atoms with E-state index in [4.69, 9.17) is 9.84 Å². The van der Waals surface area contributed by atoms with Crippen molar-refractivity contribution in [1.29, 1.82) is 0 Å². The molecule has 0 spiro atoms. The van der Waals surface area contributed by atoms with Crippen molar-refractivity contribution >= 4 is 0 Å². The van der Waals surface area contributed by atoms with Gasteiger partial charge < -0.3 is 9.84 Å². The molecule has 0 aliphatic heterocycles. The molecule has 2 aromatic rings. The summed E-state index contributed by atoms with van der Waals surface area (Å²) in [5, 5.41) is 8.82. The summed E-state index contributed by atoms with van der Waals surface area (Å²) in [6, 6.07) is 14.4. The predicted octanol–water partition coefficient (Wildman–Crippen LogP) is 3.39. The van der Waals surface area contributed by atoms with Crippen LogP contribution in [0.25, 0.3) is 0 Å². The third kappa shape index (κ3) is 5.85. The highest BCUT2D eigenvalue weighted by atomic mass is 19.1. The Balaban J connectivity index is 2.03. The molecule has 0 aliphatic carbocycles. The van der Waals surface area contributed by atoms with Gasteiger partial charge in [0.05, 0.1) is 6.61 Å². The average molecular weight is 315 g/mol. The zero-order valence-corrected chi connectivity index (χ0v) is 13.1. The van der Waals surface area contributed by atoms with Gasteiger partial charge in [-0.15, -0.1) is 6.58 Å². The third-order valence-electron chi connectivity index (χ3n) is 3.37. The van der Waals surface area contributed by atoms with Crippen LogP contribution in [0.3, 0.4) is 0 Å². The zero-order chi connectivity index (χ0) is 16.5. The fourth-order valence-corrected chi connectivity index (χ4v) is 2.37. The molecule has 0 bridgehead atoms. The quantitative estimate of drug-likeness (QED) is 0.720. The minimum absolute atomic E-state index is 0.00260. The van der Waals surface area contributed by atoms with E-state index in [2.05, 4.69) is 11.5 Å². The lowest BCUT2D eigenvalue weighted by molar-refractivity contribution is 0.201. The molecule has 122 valence electrons. The van der Waals surface area contributed by atoms with E-state index >= 15 is 0 Å². The zero-order valence-electron chi connectivity index (χ0n) is 13.1. The van der Waals surface area contributed by atoms with Crippen LogP contribution in [0.1, 0.15) is 11.1 Å². The second kappa shape index (κ2) is 9.08. The van der Waals surface area contributed by atoms with Crippen molar-refractivity contribution in [2.45, 2.75) is 13.1 Å². The van der Waals surface area contributed by atoms with Gasteiger partial charge in [0.2, 0.25) is 0 Å². The molecule has 0 radical (unpaired) electrons. The smallest absolute Gasteiger partial charge is 0.123 e. The molecule has 1 N–H and O–H groups in total. The summed E-state index contributed by atoms with van der Waals surface area (Å²) in [5.41, 5.74) is 2.17. The Bertz CT molecular complexity index is 613. The van der Waals surface area contributed by atoms with Crippen molar-refractivity contribution < 1.29 is 14.2 Å². The van der Waals surface area contributed by atoms with Gasteiger partial charge in [-0.2, -0.15) is 0 Å². The van der Waals surface area contributed by atoms with Gasteiger partial charge in [0.15, 0.2) is 0 Å². The highest BCUT2D eigenvalue weighted by Gasteiger charge is 2.07. The largest absolute Gasteiger partial charge is 0.491 e. The molecule has 0 aromatic heterocycles. The second-order valence-corrected chi connectivity index (χ2v) is 5.30. The Morgan fingerprint density at radius 1 is 1.09 bits per heavy atom. The van der Waals surface area contributed by atoms with E-state index in [1.807, 2.05) is 30.3 Å². The molecule has 2 rings (SSSR count). The lowest BCUT2D eigenvalue weighted by Crippen LogP contribution is -2.22. The molecule has 0 amide bonds. The number of hydrogen-bond acceptors (Lipinski definition) is 3. The molecule has 0 aliphatic rings. The van der Waals surface area contributed by atoms with Gasteiger partial charge in [-0.1, -0.05) is 30.3 Å². The van der Waals surface area contributed by atoms with Crippen molar-refractivity contribution in [1.82, 2.24) is 4.90 Å². The third-order valence-corrected chi connectivity index (χ3v) is 3.37. The summed E-state index contributed by atoms with van der Waals surface area (Å²) in [6.45, 7) is 6.27. The van der Waals surface area contributed by atoms with Gasteiger partial charge >= 0.3 is 0 Å². The Hall–Kier alpha value is -2.17. The molecular weight excluding hydrogens is 293 g/mol. The second-order valence-electron chi connectivity index (χ2n) is 5.30. The molecule has 0 saturated carbocycles. The first kappa shape index (κ1) is 17.2. The standard InChI is InChI=1S/C19H22FNO2/c1-2-10-21(14-16-6-8-18(20)9-7-16)15-17-4-3-5-19(13-17)23-12-11-22/h2-9,13,22H,1,10-12,14-15H2. The molecule has 2 aromatic carbocycles. The number of nitrogens with zero attached hydrogens (tertiary/aromatic N) is 1. The summed E-state index contributed by atoms with van der Waals surface area (Å²) in [7, 11) is 0. The van der Waals surface area contributed by atoms with E-state index in [1.54, 1.807) is 12.1 Å². The average Bonchev–Trinajstić information content (AvgIpc) is 2.56. The summed E-state index contributed by atoms with van der Waals surface area (Å²) in [6.07, 6.45) is 1.86. The SMILES string of the molecule is C=CCN(Cc1ccc(F)cc1)Cc1cccc(OCCO)c1. The molecule has 0 saturated heterocycles.